The Kier molecular flexibility index (Phi) is 8.29. The van der Waals surface area contributed by atoms with Gasteiger partial charge >= 0.3 is 0 Å². The lowest BCUT2D eigenvalue weighted by molar-refractivity contribution is -0.0536. The number of ether oxygens (including phenoxy) is 1. The number of anilines is 1. The molecule has 0 bridgehead atoms. The van der Waals surface area contributed by atoms with Crippen LogP contribution in [0, 0.1) is 5.82 Å². The first-order valence-electron chi connectivity index (χ1n) is 14.2. The summed E-state index contributed by atoms with van der Waals surface area (Å²) in [5.41, 5.74) is 2.14. The lowest BCUT2D eigenvalue weighted by atomic mass is 9.90. The first-order chi connectivity index (χ1) is 18.5. The molecular weight excluding hydrogens is 497 g/mol. The number of hydrogen-bond acceptors (Lipinski definition) is 8. The zero-order chi connectivity index (χ0) is 27.9. The summed E-state index contributed by atoms with van der Waals surface area (Å²) < 4.78 is 20.2. The van der Waals surface area contributed by atoms with E-state index in [0.29, 0.717) is 36.8 Å². The summed E-state index contributed by atoms with van der Waals surface area (Å²) in [6.07, 6.45) is -0.255. The van der Waals surface area contributed by atoms with Crippen molar-refractivity contribution < 1.29 is 19.3 Å². The minimum absolute atomic E-state index is 0.216. The van der Waals surface area contributed by atoms with Crippen molar-refractivity contribution >= 4 is 5.69 Å². The Morgan fingerprint density at radius 3 is 2.59 bits per heavy atom. The first kappa shape index (κ1) is 28.4. The van der Waals surface area contributed by atoms with E-state index in [9.17, 15) is 14.6 Å². The van der Waals surface area contributed by atoms with Crippen molar-refractivity contribution in [3.8, 4) is 0 Å². The normalized spacial score (nSPS) is 29.3. The van der Waals surface area contributed by atoms with Gasteiger partial charge in [-0.05, 0) is 32.9 Å². The lowest BCUT2D eigenvalue weighted by Crippen LogP contribution is -2.63. The van der Waals surface area contributed by atoms with Gasteiger partial charge in [-0.25, -0.2) is 4.39 Å². The molecule has 2 aromatic rings. The molecule has 2 saturated heterocycles. The molecule has 6 atom stereocenters. The van der Waals surface area contributed by atoms with Gasteiger partial charge in [0.2, 0.25) is 0 Å². The quantitative estimate of drug-likeness (QED) is 0.493. The molecule has 5 rings (SSSR count). The molecule has 4 heterocycles. The first-order valence-corrected chi connectivity index (χ1v) is 14.2. The predicted molar refractivity (Wildman–Crippen MR) is 150 cm³/mol. The molecule has 9 heteroatoms. The van der Waals surface area contributed by atoms with Crippen molar-refractivity contribution in [2.75, 3.05) is 50.8 Å². The number of benzene rings is 1. The summed E-state index contributed by atoms with van der Waals surface area (Å²) in [5.74, 6) is -0.453. The summed E-state index contributed by atoms with van der Waals surface area (Å²) in [6, 6.07) is 9.44. The predicted octanol–water partition coefficient (Wildman–Crippen LogP) is 2.49. The number of rotatable bonds is 7. The number of nitrogens with zero attached hydrogens (tertiary/aromatic N) is 4. The van der Waals surface area contributed by atoms with E-state index in [4.69, 9.17) is 9.72 Å². The van der Waals surface area contributed by atoms with Crippen molar-refractivity contribution in [2.24, 2.45) is 0 Å². The fourth-order valence-corrected chi connectivity index (χ4v) is 6.47. The molecule has 3 N–H and O–H groups in total. The van der Waals surface area contributed by atoms with Crippen LogP contribution in [0.15, 0.2) is 36.5 Å². The Labute approximate surface area is 231 Å². The largest absolute Gasteiger partial charge is 0.383 e. The van der Waals surface area contributed by atoms with Crippen molar-refractivity contribution in [3.63, 3.8) is 0 Å². The average molecular weight is 542 g/mol. The Morgan fingerprint density at radius 1 is 1.15 bits per heavy atom. The summed E-state index contributed by atoms with van der Waals surface area (Å²) in [5, 5.41) is 26.3. The van der Waals surface area contributed by atoms with E-state index in [1.165, 1.54) is 6.07 Å². The SMILES string of the molecule is C[C@@H]1CN(CC(O)N2CC(C)(C)c3ncc(C(O)c4ccccc4F)cc32)[C@@H](CN2[C@H](C)COC[C@H]2C)CN1. The van der Waals surface area contributed by atoms with Gasteiger partial charge in [-0.3, -0.25) is 14.8 Å². The van der Waals surface area contributed by atoms with E-state index >= 15 is 0 Å². The fourth-order valence-electron chi connectivity index (χ4n) is 6.47. The molecule has 214 valence electrons. The van der Waals surface area contributed by atoms with Gasteiger partial charge in [0.05, 0.1) is 24.6 Å². The number of morpholine rings is 1. The number of aliphatic hydroxyl groups excluding tert-OH is 2. The van der Waals surface area contributed by atoms with Crippen molar-refractivity contribution in [1.29, 1.82) is 0 Å². The number of hydrogen-bond donors (Lipinski definition) is 3. The highest BCUT2D eigenvalue weighted by Crippen LogP contribution is 2.41. The third kappa shape index (κ3) is 5.85. The van der Waals surface area contributed by atoms with Gasteiger partial charge in [-0.1, -0.05) is 32.0 Å². The maximum atomic E-state index is 14.4. The number of aliphatic hydroxyl groups is 2. The minimum atomic E-state index is -1.14. The van der Waals surface area contributed by atoms with Crippen LogP contribution in [-0.4, -0.2) is 101 Å². The molecule has 39 heavy (non-hydrogen) atoms. The molecule has 3 aliphatic rings. The van der Waals surface area contributed by atoms with Gasteiger partial charge in [0.15, 0.2) is 0 Å². The van der Waals surface area contributed by atoms with E-state index in [1.54, 1.807) is 24.4 Å². The molecule has 0 amide bonds. The smallest absolute Gasteiger partial charge is 0.139 e. The highest BCUT2D eigenvalue weighted by Gasteiger charge is 2.41. The standard InChI is InChI=1S/C30H44FN5O3/c1-19-13-34(23(12-32-19)14-35-20(2)16-39-17-21(35)3)15-27(37)36-18-30(4,5)29-26(36)10-22(11-33-29)28(38)24-8-6-7-9-25(24)31/h6-11,19-21,23,27-28,32,37-38H,12-18H2,1-5H3/t19-,20-,21-,23-,27?,28?/m1/s1. The van der Waals surface area contributed by atoms with Gasteiger partial charge < -0.3 is 25.2 Å². The molecule has 3 aliphatic heterocycles. The maximum absolute atomic E-state index is 14.4. The van der Waals surface area contributed by atoms with Gasteiger partial charge in [-0.2, -0.15) is 0 Å². The van der Waals surface area contributed by atoms with Crippen LogP contribution in [0.1, 0.15) is 57.5 Å². The Bertz CT molecular complexity index is 1140. The molecule has 2 fully saturated rings. The topological polar surface area (TPSA) is 84.3 Å². The second-order valence-electron chi connectivity index (χ2n) is 12.4. The number of fused-ring (bicyclic) bond motifs is 1. The Balaban J connectivity index is 1.36. The number of halogens is 1. The number of pyridine rings is 1. The van der Waals surface area contributed by atoms with Gasteiger partial charge in [0.1, 0.15) is 18.1 Å². The minimum Gasteiger partial charge on any atom is -0.383 e. The molecule has 1 aromatic heterocycles. The van der Waals surface area contributed by atoms with Crippen molar-refractivity contribution in [3.05, 3.63) is 59.2 Å². The zero-order valence-electron chi connectivity index (χ0n) is 23.8. The second-order valence-corrected chi connectivity index (χ2v) is 12.4. The molecule has 0 saturated carbocycles. The van der Waals surface area contributed by atoms with E-state index < -0.39 is 18.1 Å². The Morgan fingerprint density at radius 2 is 1.87 bits per heavy atom. The molecule has 2 unspecified atom stereocenters. The molecule has 8 nitrogen and oxygen atoms in total. The maximum Gasteiger partial charge on any atom is 0.139 e. The van der Waals surface area contributed by atoms with E-state index in [0.717, 1.165) is 44.2 Å². The summed E-state index contributed by atoms with van der Waals surface area (Å²) in [6.45, 7) is 16.1. The highest BCUT2D eigenvalue weighted by molar-refractivity contribution is 5.61. The number of β-amino-alcohol motifs (C(OH)–C–C–N with tert-alkyl or cyclic N) is 1. The second kappa shape index (κ2) is 11.4. The van der Waals surface area contributed by atoms with Crippen LogP contribution in [0.4, 0.5) is 10.1 Å². The third-order valence-corrected chi connectivity index (χ3v) is 8.68. The number of aromatic nitrogens is 1. The highest BCUT2D eigenvalue weighted by atomic mass is 19.1. The fraction of sp³-hybridized carbons (Fsp3) is 0.633. The number of piperazine rings is 1. The van der Waals surface area contributed by atoms with Gasteiger partial charge in [0.25, 0.3) is 0 Å². The van der Waals surface area contributed by atoms with Crippen LogP contribution in [0.2, 0.25) is 0 Å². The van der Waals surface area contributed by atoms with Crippen molar-refractivity contribution in [2.45, 2.75) is 76.5 Å². The van der Waals surface area contributed by atoms with Crippen LogP contribution >= 0.6 is 0 Å². The number of nitrogens with one attached hydrogen (secondary N) is 1. The zero-order valence-corrected chi connectivity index (χ0v) is 23.8. The summed E-state index contributed by atoms with van der Waals surface area (Å²) in [7, 11) is 0. The van der Waals surface area contributed by atoms with Crippen LogP contribution < -0.4 is 10.2 Å². The van der Waals surface area contributed by atoms with Crippen LogP contribution in [0.25, 0.3) is 0 Å². The summed E-state index contributed by atoms with van der Waals surface area (Å²) in [4.78, 5) is 11.7. The van der Waals surface area contributed by atoms with E-state index in [2.05, 4.69) is 49.7 Å². The van der Waals surface area contributed by atoms with E-state index in [1.807, 2.05) is 11.0 Å². The van der Waals surface area contributed by atoms with Gasteiger partial charge in [0, 0.05) is 79.6 Å². The Hall–Kier alpha value is -2.14. The van der Waals surface area contributed by atoms with Crippen molar-refractivity contribution in [1.82, 2.24) is 20.1 Å². The molecule has 0 radical (unpaired) electrons. The van der Waals surface area contributed by atoms with Crippen LogP contribution in [0.3, 0.4) is 0 Å². The molecule has 0 spiro atoms. The van der Waals surface area contributed by atoms with Crippen LogP contribution in [0.5, 0.6) is 0 Å². The third-order valence-electron chi connectivity index (χ3n) is 8.68. The monoisotopic (exact) mass is 541 g/mol. The lowest BCUT2D eigenvalue weighted by Gasteiger charge is -2.46. The average Bonchev–Trinajstić information content (AvgIpc) is 3.17. The van der Waals surface area contributed by atoms with Gasteiger partial charge in [-0.15, -0.1) is 0 Å². The molecular formula is C30H44FN5O3. The van der Waals surface area contributed by atoms with Crippen LogP contribution in [-0.2, 0) is 10.2 Å². The summed E-state index contributed by atoms with van der Waals surface area (Å²) >= 11 is 0. The molecule has 0 aliphatic carbocycles. The van der Waals surface area contributed by atoms with E-state index in [-0.39, 0.29) is 17.0 Å². The molecule has 1 aromatic carbocycles.